The molecule has 1 fully saturated rings. The van der Waals surface area contributed by atoms with Gasteiger partial charge in [-0.2, -0.15) is 5.10 Å². The van der Waals surface area contributed by atoms with E-state index in [-0.39, 0.29) is 11.9 Å². The van der Waals surface area contributed by atoms with Gasteiger partial charge in [-0.05, 0) is 57.0 Å². The zero-order valence-electron chi connectivity index (χ0n) is 16.1. The summed E-state index contributed by atoms with van der Waals surface area (Å²) in [4.78, 5) is 29.3. The van der Waals surface area contributed by atoms with Gasteiger partial charge >= 0.3 is 5.97 Å². The molecular weight excluding hydrogens is 356 g/mol. The number of anilines is 1. The molecule has 0 radical (unpaired) electrons. The number of aromatic nitrogens is 3. The molecule has 1 aliphatic rings. The maximum Gasteiger partial charge on any atom is 0.337 e. The Morgan fingerprint density at radius 3 is 2.54 bits per heavy atom. The predicted octanol–water partition coefficient (Wildman–Crippen LogP) is 3.93. The number of amides is 1. The number of carbonyl (C=O) groups is 2. The maximum atomic E-state index is 13.0. The van der Waals surface area contributed by atoms with E-state index in [2.05, 4.69) is 10.4 Å². The van der Waals surface area contributed by atoms with Crippen molar-refractivity contribution in [1.82, 2.24) is 14.8 Å². The number of fused-ring (bicyclic) bond motifs is 1. The molecule has 1 saturated carbocycles. The minimum absolute atomic E-state index is 0.154. The molecule has 1 N–H and O–H groups in total. The third-order valence-electron chi connectivity index (χ3n) is 4.88. The largest absolute Gasteiger partial charge is 0.465 e. The number of benzene rings is 1. The zero-order valence-corrected chi connectivity index (χ0v) is 16.1. The Bertz CT molecular complexity index is 1050. The monoisotopic (exact) mass is 378 g/mol. The summed E-state index contributed by atoms with van der Waals surface area (Å²) >= 11 is 0. The molecule has 2 heterocycles. The van der Waals surface area contributed by atoms with Gasteiger partial charge in [-0.25, -0.2) is 14.5 Å². The summed E-state index contributed by atoms with van der Waals surface area (Å²) in [5.41, 5.74) is 3.29. The summed E-state index contributed by atoms with van der Waals surface area (Å²) in [5.74, 6) is -0.210. The van der Waals surface area contributed by atoms with Crippen LogP contribution in [0.5, 0.6) is 0 Å². The van der Waals surface area contributed by atoms with E-state index in [1.807, 2.05) is 24.6 Å². The minimum atomic E-state index is -0.413. The Morgan fingerprint density at radius 1 is 1.21 bits per heavy atom. The van der Waals surface area contributed by atoms with Gasteiger partial charge < -0.3 is 10.1 Å². The van der Waals surface area contributed by atoms with Gasteiger partial charge in [0.2, 0.25) is 0 Å². The van der Waals surface area contributed by atoms with Crippen molar-refractivity contribution in [2.75, 3.05) is 12.4 Å². The fourth-order valence-corrected chi connectivity index (χ4v) is 3.20. The van der Waals surface area contributed by atoms with E-state index in [0.717, 1.165) is 29.6 Å². The zero-order chi connectivity index (χ0) is 19.8. The first-order valence-corrected chi connectivity index (χ1v) is 9.36. The van der Waals surface area contributed by atoms with Gasteiger partial charge in [-0.15, -0.1) is 0 Å². The summed E-state index contributed by atoms with van der Waals surface area (Å²) in [7, 11) is 1.33. The van der Waals surface area contributed by atoms with Gasteiger partial charge in [0, 0.05) is 23.3 Å². The third kappa shape index (κ3) is 3.35. The van der Waals surface area contributed by atoms with Crippen LogP contribution in [0.4, 0.5) is 5.69 Å². The second kappa shape index (κ2) is 7.07. The molecule has 28 heavy (non-hydrogen) atoms. The normalized spacial score (nSPS) is 13.7. The Kier molecular flexibility index (Phi) is 4.58. The lowest BCUT2D eigenvalue weighted by molar-refractivity contribution is 0.0600. The molecule has 0 spiro atoms. The van der Waals surface area contributed by atoms with E-state index in [0.29, 0.717) is 22.7 Å². The van der Waals surface area contributed by atoms with Crippen molar-refractivity contribution in [2.24, 2.45) is 0 Å². The van der Waals surface area contributed by atoms with Gasteiger partial charge in [-0.1, -0.05) is 0 Å². The Hall–Kier alpha value is -3.22. The average molecular weight is 378 g/mol. The topological polar surface area (TPSA) is 86.1 Å². The molecule has 0 aliphatic heterocycles. The quantitative estimate of drug-likeness (QED) is 0.680. The Balaban J connectivity index is 1.67. The van der Waals surface area contributed by atoms with Crippen molar-refractivity contribution < 1.29 is 14.3 Å². The highest BCUT2D eigenvalue weighted by molar-refractivity contribution is 6.12. The van der Waals surface area contributed by atoms with Gasteiger partial charge in [0.1, 0.15) is 0 Å². The number of hydrogen-bond donors (Lipinski definition) is 1. The molecule has 7 heteroatoms. The molecule has 0 unspecified atom stereocenters. The van der Waals surface area contributed by atoms with Crippen molar-refractivity contribution in [3.8, 4) is 0 Å². The molecular formula is C21H22N4O3. The van der Waals surface area contributed by atoms with Gasteiger partial charge in [0.25, 0.3) is 5.91 Å². The number of nitrogens with one attached hydrogen (secondary N) is 1. The summed E-state index contributed by atoms with van der Waals surface area (Å²) in [6.07, 6.45) is 3.91. The first kappa shape index (κ1) is 18.2. The number of nitrogens with zero attached hydrogens (tertiary/aromatic N) is 3. The lowest BCUT2D eigenvalue weighted by atomic mass is 10.1. The molecule has 1 aromatic carbocycles. The van der Waals surface area contributed by atoms with Crippen LogP contribution in [0, 0.1) is 0 Å². The highest BCUT2D eigenvalue weighted by Crippen LogP contribution is 2.40. The van der Waals surface area contributed by atoms with Crippen LogP contribution in [0.1, 0.15) is 65.1 Å². The molecule has 1 amide bonds. The van der Waals surface area contributed by atoms with Crippen LogP contribution in [-0.4, -0.2) is 33.8 Å². The second-order valence-electron chi connectivity index (χ2n) is 7.31. The number of esters is 1. The first-order valence-electron chi connectivity index (χ1n) is 9.36. The van der Waals surface area contributed by atoms with Gasteiger partial charge in [0.15, 0.2) is 5.65 Å². The Labute approximate surface area is 162 Å². The van der Waals surface area contributed by atoms with Crippen LogP contribution >= 0.6 is 0 Å². The summed E-state index contributed by atoms with van der Waals surface area (Å²) < 4.78 is 6.55. The average Bonchev–Trinajstić information content (AvgIpc) is 3.45. The molecule has 144 valence electrons. The molecule has 1 aliphatic carbocycles. The highest BCUT2D eigenvalue weighted by Gasteiger charge is 2.28. The summed E-state index contributed by atoms with van der Waals surface area (Å²) in [6.45, 7) is 4.08. The third-order valence-corrected chi connectivity index (χ3v) is 4.88. The van der Waals surface area contributed by atoms with E-state index in [1.54, 1.807) is 30.5 Å². The van der Waals surface area contributed by atoms with Crippen LogP contribution in [0.3, 0.4) is 0 Å². The highest BCUT2D eigenvalue weighted by atomic mass is 16.5. The minimum Gasteiger partial charge on any atom is -0.465 e. The Morgan fingerprint density at radius 2 is 1.93 bits per heavy atom. The number of ether oxygens (including phenoxy) is 1. The van der Waals surface area contributed by atoms with Crippen LogP contribution in [0.25, 0.3) is 11.0 Å². The van der Waals surface area contributed by atoms with Gasteiger partial charge in [0.05, 0.1) is 29.8 Å². The molecule has 0 bridgehead atoms. The molecule has 7 nitrogen and oxygen atoms in total. The number of pyridine rings is 1. The van der Waals surface area contributed by atoms with Crippen molar-refractivity contribution >= 4 is 28.6 Å². The van der Waals surface area contributed by atoms with E-state index < -0.39 is 5.97 Å². The van der Waals surface area contributed by atoms with Crippen LogP contribution < -0.4 is 5.32 Å². The lowest BCUT2D eigenvalue weighted by Gasteiger charge is -2.11. The smallest absolute Gasteiger partial charge is 0.337 e. The van der Waals surface area contributed by atoms with E-state index >= 15 is 0 Å². The fourth-order valence-electron chi connectivity index (χ4n) is 3.20. The molecule has 0 saturated heterocycles. The number of carbonyl (C=O) groups excluding carboxylic acids is 2. The van der Waals surface area contributed by atoms with E-state index in [9.17, 15) is 9.59 Å². The van der Waals surface area contributed by atoms with E-state index in [4.69, 9.17) is 9.72 Å². The predicted molar refractivity (Wildman–Crippen MR) is 106 cm³/mol. The standard InChI is InChI=1S/C21H22N4O3/c1-12(2)25-19-17(11-22-25)16(10-18(24-19)13-4-5-13)20(26)23-15-8-6-14(7-9-15)21(27)28-3/h6-13H,4-5H2,1-3H3,(H,23,26). The van der Waals surface area contributed by atoms with E-state index in [1.165, 1.54) is 7.11 Å². The van der Waals surface area contributed by atoms with Gasteiger partial charge in [-0.3, -0.25) is 4.79 Å². The second-order valence-corrected chi connectivity index (χ2v) is 7.31. The number of methoxy groups -OCH3 is 1. The van der Waals surface area contributed by atoms with Crippen molar-refractivity contribution in [2.45, 2.75) is 38.6 Å². The number of hydrogen-bond acceptors (Lipinski definition) is 5. The number of rotatable bonds is 5. The van der Waals surface area contributed by atoms with Crippen molar-refractivity contribution in [1.29, 1.82) is 0 Å². The summed E-state index contributed by atoms with van der Waals surface area (Å²) in [6, 6.07) is 8.64. The first-order chi connectivity index (χ1) is 13.5. The lowest BCUT2D eigenvalue weighted by Crippen LogP contribution is -2.14. The maximum absolute atomic E-state index is 13.0. The fraction of sp³-hybridized carbons (Fsp3) is 0.333. The van der Waals surface area contributed by atoms with Crippen LogP contribution in [0.2, 0.25) is 0 Å². The SMILES string of the molecule is COC(=O)c1ccc(NC(=O)c2cc(C3CC3)nc3c2cnn3C(C)C)cc1. The van der Waals surface area contributed by atoms with Crippen LogP contribution in [0.15, 0.2) is 36.5 Å². The molecule has 3 aromatic rings. The molecule has 2 aromatic heterocycles. The van der Waals surface area contributed by atoms with Crippen molar-refractivity contribution in [3.05, 3.63) is 53.3 Å². The molecule has 4 rings (SSSR count). The molecule has 0 atom stereocenters. The van der Waals surface area contributed by atoms with Crippen LogP contribution in [-0.2, 0) is 4.74 Å². The van der Waals surface area contributed by atoms with Crippen molar-refractivity contribution in [3.63, 3.8) is 0 Å². The summed E-state index contributed by atoms with van der Waals surface area (Å²) in [5, 5.41) is 8.07.